The summed E-state index contributed by atoms with van der Waals surface area (Å²) in [6.45, 7) is 6.26. The SMILES string of the molecule is Cn1nc2nc1-c1cc(ccc1F)Sc1c(F)c(F)c3[nH]ccc3c1CC[S+]([O-])CC(C)(C)CCC[C@]2(C)c1cccc(CC2(C(=O)O)CC2)c1. The van der Waals surface area contributed by atoms with Crippen molar-refractivity contribution in [3.8, 4) is 11.4 Å². The van der Waals surface area contributed by atoms with Crippen LogP contribution in [-0.4, -0.2) is 46.9 Å². The van der Waals surface area contributed by atoms with Crippen LogP contribution in [0.1, 0.15) is 75.4 Å². The molecular formula is C39H41F3N4O3S2. The van der Waals surface area contributed by atoms with E-state index in [0.717, 1.165) is 35.7 Å². The number of hydrogen-bond donors (Lipinski definition) is 2. The third-order valence-corrected chi connectivity index (χ3v) is 13.6. The number of aliphatic carboxylic acids is 1. The van der Waals surface area contributed by atoms with Gasteiger partial charge in [0, 0.05) is 35.4 Å². The van der Waals surface area contributed by atoms with E-state index in [2.05, 4.69) is 31.8 Å². The highest BCUT2D eigenvalue weighted by Crippen LogP contribution is 2.49. The highest BCUT2D eigenvalue weighted by molar-refractivity contribution is 7.99. The minimum absolute atomic E-state index is 0.0639. The number of aryl methyl sites for hydroxylation is 2. The normalized spacial score (nSPS) is 21.8. The molecule has 2 aliphatic rings. The summed E-state index contributed by atoms with van der Waals surface area (Å²) in [7, 11) is 1.71. The molecule has 1 saturated carbocycles. The van der Waals surface area contributed by atoms with Crippen LogP contribution in [-0.2, 0) is 41.3 Å². The van der Waals surface area contributed by atoms with Crippen LogP contribution in [0.15, 0.2) is 64.5 Å². The van der Waals surface area contributed by atoms with Crippen molar-refractivity contribution in [3.05, 3.63) is 94.7 Å². The van der Waals surface area contributed by atoms with E-state index in [9.17, 15) is 14.5 Å². The lowest BCUT2D eigenvalue weighted by molar-refractivity contribution is -0.143. The Hall–Kier alpha value is -3.74. The molecule has 12 heteroatoms. The predicted molar refractivity (Wildman–Crippen MR) is 194 cm³/mol. The molecule has 1 fully saturated rings. The Morgan fingerprint density at radius 3 is 2.59 bits per heavy atom. The lowest BCUT2D eigenvalue weighted by atomic mass is 9.75. The Balaban J connectivity index is 1.34. The van der Waals surface area contributed by atoms with Gasteiger partial charge in [0.15, 0.2) is 23.3 Å². The molecule has 1 unspecified atom stereocenters. The Morgan fingerprint density at radius 1 is 1.06 bits per heavy atom. The van der Waals surface area contributed by atoms with E-state index in [1.165, 1.54) is 12.1 Å². The van der Waals surface area contributed by atoms with E-state index in [0.29, 0.717) is 58.9 Å². The summed E-state index contributed by atoms with van der Waals surface area (Å²) in [5.74, 6) is -1.82. The van der Waals surface area contributed by atoms with Gasteiger partial charge in [-0.2, -0.15) is 5.10 Å². The average molecular weight is 735 g/mol. The first-order chi connectivity index (χ1) is 24.2. The summed E-state index contributed by atoms with van der Waals surface area (Å²) in [5.41, 5.74) is 0.909. The van der Waals surface area contributed by atoms with Gasteiger partial charge < -0.3 is 14.6 Å². The number of hydrogen-bond acceptors (Lipinski definition) is 5. The maximum absolute atomic E-state index is 15.8. The largest absolute Gasteiger partial charge is 0.616 e. The van der Waals surface area contributed by atoms with Gasteiger partial charge in [-0.25, -0.2) is 22.8 Å². The van der Waals surface area contributed by atoms with Crippen molar-refractivity contribution in [1.82, 2.24) is 19.7 Å². The van der Waals surface area contributed by atoms with Gasteiger partial charge in [-0.3, -0.25) is 4.79 Å². The summed E-state index contributed by atoms with van der Waals surface area (Å²) < 4.78 is 62.0. The topological polar surface area (TPSA) is 107 Å². The van der Waals surface area contributed by atoms with Crippen LogP contribution in [0.3, 0.4) is 0 Å². The minimum Gasteiger partial charge on any atom is -0.616 e. The first-order valence-electron chi connectivity index (χ1n) is 17.2. The number of fused-ring (bicyclic) bond motifs is 8. The number of nitrogens with zero attached hydrogens (tertiary/aromatic N) is 3. The van der Waals surface area contributed by atoms with Crippen molar-refractivity contribution in [2.45, 2.75) is 80.9 Å². The van der Waals surface area contributed by atoms with Crippen molar-refractivity contribution in [1.29, 1.82) is 0 Å². The molecule has 4 bridgehead atoms. The van der Waals surface area contributed by atoms with Crippen LogP contribution in [0.25, 0.3) is 22.3 Å². The fourth-order valence-electron chi connectivity index (χ4n) is 7.47. The fraction of sp³-hybridized carbons (Fsp3) is 0.410. The number of carboxylic acids is 1. The standard InChI is InChI=1S/C39H41F3N4O3S2/c1-37(2)13-6-14-38(3,24-8-5-7-23(19-24)21-39(15-16-39)36(47)48)35-44-34(46(4)45-35)28-20-25(9-10-29(28)40)50-33-27(12-18-51(49)22-37)26-11-17-43-32(26)30(41)31(33)42/h5,7-11,17,19-20,43H,6,12-16,18,21-22H2,1-4H3,(H,47,48)/t38-,51?/m1/s1. The van der Waals surface area contributed by atoms with Crippen LogP contribution in [0.5, 0.6) is 0 Å². The number of benzene rings is 3. The van der Waals surface area contributed by atoms with Crippen LogP contribution in [0.2, 0.25) is 0 Å². The van der Waals surface area contributed by atoms with Gasteiger partial charge >= 0.3 is 5.97 Å². The molecule has 3 aromatic carbocycles. The van der Waals surface area contributed by atoms with Crippen LogP contribution in [0.4, 0.5) is 13.2 Å². The maximum Gasteiger partial charge on any atom is 0.309 e. The molecule has 2 N–H and O–H groups in total. The monoisotopic (exact) mass is 734 g/mol. The number of H-pyrrole nitrogens is 1. The second kappa shape index (κ2) is 13.3. The van der Waals surface area contributed by atoms with E-state index in [4.69, 9.17) is 10.1 Å². The van der Waals surface area contributed by atoms with Gasteiger partial charge in [-0.15, -0.1) is 0 Å². The highest BCUT2D eigenvalue weighted by Gasteiger charge is 2.50. The second-order valence-corrected chi connectivity index (χ2v) is 17.8. The lowest BCUT2D eigenvalue weighted by Gasteiger charge is -2.31. The number of carbonyl (C=O) groups is 1. The number of nitrogens with one attached hydrogen (secondary N) is 1. The van der Waals surface area contributed by atoms with Gasteiger partial charge in [0.25, 0.3) is 0 Å². The molecule has 0 radical (unpaired) electrons. The number of aromatic nitrogens is 4. The van der Waals surface area contributed by atoms with Crippen molar-refractivity contribution < 1.29 is 27.6 Å². The maximum atomic E-state index is 15.8. The van der Waals surface area contributed by atoms with Crippen molar-refractivity contribution in [2.24, 2.45) is 17.9 Å². The van der Waals surface area contributed by atoms with Gasteiger partial charge in [0.2, 0.25) is 0 Å². The van der Waals surface area contributed by atoms with Gasteiger partial charge in [-0.1, -0.05) is 67.5 Å². The first-order valence-corrected chi connectivity index (χ1v) is 19.5. The number of halogens is 3. The Bertz CT molecular complexity index is 2140. The van der Waals surface area contributed by atoms with Crippen molar-refractivity contribution >= 4 is 39.8 Å². The molecular weight excluding hydrogens is 694 g/mol. The van der Waals surface area contributed by atoms with E-state index in [1.54, 1.807) is 30.1 Å². The van der Waals surface area contributed by atoms with Gasteiger partial charge in [0.05, 0.1) is 26.8 Å². The second-order valence-electron chi connectivity index (χ2n) is 15.2. The molecule has 2 atom stereocenters. The minimum atomic E-state index is -1.25. The molecule has 1 aliphatic heterocycles. The van der Waals surface area contributed by atoms with Crippen LogP contribution in [0, 0.1) is 28.3 Å². The summed E-state index contributed by atoms with van der Waals surface area (Å²) in [5, 5.41) is 15.2. The molecule has 3 heterocycles. The molecule has 5 aromatic rings. The number of rotatable bonds is 4. The van der Waals surface area contributed by atoms with Gasteiger partial charge in [0.1, 0.15) is 17.3 Å². The Morgan fingerprint density at radius 2 is 1.84 bits per heavy atom. The van der Waals surface area contributed by atoms with Crippen molar-refractivity contribution in [2.75, 3.05) is 11.5 Å². The Kier molecular flexibility index (Phi) is 9.33. The van der Waals surface area contributed by atoms with E-state index < -0.39 is 45.4 Å². The molecule has 2 aromatic heterocycles. The number of aromatic amines is 1. The van der Waals surface area contributed by atoms with E-state index in [-0.39, 0.29) is 33.6 Å². The summed E-state index contributed by atoms with van der Waals surface area (Å²) in [4.78, 5) is 20.3. The lowest BCUT2D eigenvalue weighted by Crippen LogP contribution is -2.29. The molecule has 0 amide bonds. The van der Waals surface area contributed by atoms with Crippen LogP contribution >= 0.6 is 11.8 Å². The third kappa shape index (κ3) is 6.82. The summed E-state index contributed by atoms with van der Waals surface area (Å²) in [6.07, 6.45) is 5.71. The molecule has 51 heavy (non-hydrogen) atoms. The highest BCUT2D eigenvalue weighted by atomic mass is 32.2. The summed E-state index contributed by atoms with van der Waals surface area (Å²) in [6, 6.07) is 14.1. The molecule has 1 aliphatic carbocycles. The zero-order valence-electron chi connectivity index (χ0n) is 29.1. The smallest absolute Gasteiger partial charge is 0.309 e. The fourth-order valence-corrected chi connectivity index (χ4v) is 10.1. The zero-order valence-corrected chi connectivity index (χ0v) is 30.7. The average Bonchev–Trinajstić information content (AvgIpc) is 3.51. The van der Waals surface area contributed by atoms with E-state index >= 15 is 13.2 Å². The Labute approximate surface area is 302 Å². The quantitative estimate of drug-likeness (QED) is 0.179. The zero-order chi connectivity index (χ0) is 36.3. The molecule has 7 nitrogen and oxygen atoms in total. The molecule has 7 rings (SSSR count). The van der Waals surface area contributed by atoms with E-state index in [1.807, 2.05) is 18.2 Å². The summed E-state index contributed by atoms with van der Waals surface area (Å²) >= 11 is -0.243. The predicted octanol–water partition coefficient (Wildman–Crippen LogP) is 8.75. The van der Waals surface area contributed by atoms with Crippen LogP contribution < -0.4 is 0 Å². The van der Waals surface area contributed by atoms with Gasteiger partial charge in [-0.05, 0) is 80.0 Å². The number of carboxylic acid groups (broad SMARTS) is 1. The molecule has 0 spiro atoms. The van der Waals surface area contributed by atoms with Crippen molar-refractivity contribution in [3.63, 3.8) is 0 Å². The first kappa shape index (κ1) is 35.7. The third-order valence-electron chi connectivity index (χ3n) is 10.7. The molecule has 268 valence electrons. The molecule has 0 saturated heterocycles.